The Labute approximate surface area is 208 Å². The molecule has 0 radical (unpaired) electrons. The molecule has 2 aromatic carbocycles. The summed E-state index contributed by atoms with van der Waals surface area (Å²) in [5.74, 6) is -0.419. The third-order valence-corrected chi connectivity index (χ3v) is 8.37. The first-order valence-corrected chi connectivity index (χ1v) is 13.3. The lowest BCUT2D eigenvalue weighted by Crippen LogP contribution is -2.41. The number of morpholine rings is 2. The number of nitrogens with one attached hydrogen (secondary N) is 2. The van der Waals surface area contributed by atoms with Gasteiger partial charge in [0.15, 0.2) is 0 Å². The van der Waals surface area contributed by atoms with Crippen molar-refractivity contribution in [3.63, 3.8) is 0 Å². The van der Waals surface area contributed by atoms with Crippen LogP contribution >= 0.6 is 0 Å². The molecule has 2 saturated heterocycles. The highest BCUT2D eigenvalue weighted by atomic mass is 32.2. The molecule has 2 fully saturated rings. The van der Waals surface area contributed by atoms with Gasteiger partial charge >= 0.3 is 0 Å². The fourth-order valence-corrected chi connectivity index (χ4v) is 6.01. The van der Waals surface area contributed by atoms with Gasteiger partial charge in [0, 0.05) is 54.5 Å². The van der Waals surface area contributed by atoms with Gasteiger partial charge in [0.25, 0.3) is 5.91 Å². The summed E-state index contributed by atoms with van der Waals surface area (Å²) >= 11 is 0. The quantitative estimate of drug-likeness (QED) is 0.536. The highest BCUT2D eigenvalue weighted by molar-refractivity contribution is 7.89. The molecule has 3 heterocycles. The number of sulfonamides is 1. The molecular formula is C25H28N4O6S. The Morgan fingerprint density at radius 3 is 2.36 bits per heavy atom. The van der Waals surface area contributed by atoms with E-state index in [-0.39, 0.29) is 29.1 Å². The lowest BCUT2D eigenvalue weighted by atomic mass is 10.1. The first-order valence-electron chi connectivity index (χ1n) is 11.8. The molecule has 0 saturated carbocycles. The van der Waals surface area contributed by atoms with Crippen LogP contribution in [-0.4, -0.2) is 76.2 Å². The van der Waals surface area contributed by atoms with Crippen molar-refractivity contribution in [2.45, 2.75) is 11.8 Å². The second-order valence-electron chi connectivity index (χ2n) is 8.83. The van der Waals surface area contributed by atoms with E-state index in [9.17, 15) is 18.0 Å². The molecule has 0 spiro atoms. The monoisotopic (exact) mass is 512 g/mol. The van der Waals surface area contributed by atoms with Crippen molar-refractivity contribution in [3.05, 3.63) is 63.9 Å². The topological polar surface area (TPSA) is 121 Å². The molecule has 10 nitrogen and oxygen atoms in total. The third-order valence-electron chi connectivity index (χ3n) is 6.48. The highest BCUT2D eigenvalue weighted by Crippen LogP contribution is 2.29. The number of nitrogens with zero attached hydrogens (tertiary/aromatic N) is 2. The molecule has 3 aromatic rings. The fourth-order valence-electron chi connectivity index (χ4n) is 4.57. The number of aromatic amines is 1. The molecule has 2 N–H and O–H groups in total. The van der Waals surface area contributed by atoms with Crippen LogP contribution < -0.4 is 15.8 Å². The largest absolute Gasteiger partial charge is 0.379 e. The van der Waals surface area contributed by atoms with E-state index in [1.54, 1.807) is 30.3 Å². The van der Waals surface area contributed by atoms with Crippen LogP contribution in [0.4, 0.5) is 11.4 Å². The standard InChI is InChI=1S/C25H28N4O6S/c1-17-14-24(30)27-22-4-2-18(15-20(17)22)26-25(31)21-16-19(36(32,33)29-8-12-35-13-9-29)3-5-23(21)28-6-10-34-11-7-28/h2-5,14-16H,6-13H2,1H3,(H,26,31)(H,27,30). The molecule has 0 unspecified atom stereocenters. The van der Waals surface area contributed by atoms with Crippen LogP contribution in [0.15, 0.2) is 52.2 Å². The average Bonchev–Trinajstić information content (AvgIpc) is 2.89. The number of anilines is 2. The minimum absolute atomic E-state index is 0.0680. The molecule has 5 rings (SSSR count). The van der Waals surface area contributed by atoms with Gasteiger partial charge in [-0.3, -0.25) is 9.59 Å². The van der Waals surface area contributed by atoms with Crippen LogP contribution in [0.25, 0.3) is 10.9 Å². The van der Waals surface area contributed by atoms with Gasteiger partial charge < -0.3 is 24.7 Å². The first-order chi connectivity index (χ1) is 17.3. The van der Waals surface area contributed by atoms with Gasteiger partial charge in [0.1, 0.15) is 0 Å². The molecule has 2 aliphatic rings. The molecule has 36 heavy (non-hydrogen) atoms. The second-order valence-corrected chi connectivity index (χ2v) is 10.8. The molecular weight excluding hydrogens is 484 g/mol. The minimum Gasteiger partial charge on any atom is -0.379 e. The van der Waals surface area contributed by atoms with E-state index in [1.807, 2.05) is 11.8 Å². The Kier molecular flexibility index (Phi) is 6.80. The number of carbonyl (C=O) groups is 1. The summed E-state index contributed by atoms with van der Waals surface area (Å²) in [5.41, 5.74) is 2.73. The molecule has 190 valence electrons. The molecule has 1 aromatic heterocycles. The van der Waals surface area contributed by atoms with Gasteiger partial charge in [-0.15, -0.1) is 0 Å². The van der Waals surface area contributed by atoms with Crippen LogP contribution in [-0.2, 0) is 19.5 Å². The second kappa shape index (κ2) is 10.0. The summed E-state index contributed by atoms with van der Waals surface area (Å²) in [6.07, 6.45) is 0. The zero-order valence-corrected chi connectivity index (χ0v) is 20.8. The van der Waals surface area contributed by atoms with Crippen molar-refractivity contribution in [1.82, 2.24) is 9.29 Å². The van der Waals surface area contributed by atoms with Crippen molar-refractivity contribution in [3.8, 4) is 0 Å². The lowest BCUT2D eigenvalue weighted by Gasteiger charge is -2.31. The predicted molar refractivity (Wildman–Crippen MR) is 136 cm³/mol. The van der Waals surface area contributed by atoms with Crippen molar-refractivity contribution in [1.29, 1.82) is 0 Å². The van der Waals surface area contributed by atoms with Crippen molar-refractivity contribution in [2.24, 2.45) is 0 Å². The minimum atomic E-state index is -3.78. The third kappa shape index (κ3) is 4.87. The molecule has 1 amide bonds. The van der Waals surface area contributed by atoms with E-state index in [1.165, 1.54) is 16.4 Å². The van der Waals surface area contributed by atoms with Crippen molar-refractivity contribution in [2.75, 3.05) is 62.8 Å². The molecule has 11 heteroatoms. The molecule has 0 aliphatic carbocycles. The van der Waals surface area contributed by atoms with Gasteiger partial charge in [-0.05, 0) is 48.9 Å². The van der Waals surface area contributed by atoms with E-state index < -0.39 is 15.9 Å². The van der Waals surface area contributed by atoms with Gasteiger partial charge in [-0.1, -0.05) is 0 Å². The predicted octanol–water partition coefficient (Wildman–Crippen LogP) is 1.95. The maximum absolute atomic E-state index is 13.6. The number of rotatable bonds is 5. The maximum Gasteiger partial charge on any atom is 0.257 e. The van der Waals surface area contributed by atoms with Crippen molar-refractivity contribution >= 4 is 38.2 Å². The zero-order chi connectivity index (χ0) is 25.3. The highest BCUT2D eigenvalue weighted by Gasteiger charge is 2.29. The Bertz CT molecular complexity index is 1460. The van der Waals surface area contributed by atoms with Crippen LogP contribution in [0.5, 0.6) is 0 Å². The zero-order valence-electron chi connectivity index (χ0n) is 20.0. The Morgan fingerprint density at radius 1 is 0.944 bits per heavy atom. The van der Waals surface area contributed by atoms with Gasteiger partial charge in [0.05, 0.1) is 36.9 Å². The normalized spacial score (nSPS) is 17.3. The number of carbonyl (C=O) groups excluding carboxylic acids is 1. The lowest BCUT2D eigenvalue weighted by molar-refractivity contribution is 0.0730. The number of hydrogen-bond acceptors (Lipinski definition) is 7. The van der Waals surface area contributed by atoms with Crippen LogP contribution in [0.3, 0.4) is 0 Å². The summed E-state index contributed by atoms with van der Waals surface area (Å²) in [4.78, 5) is 30.2. The number of pyridine rings is 1. The maximum atomic E-state index is 13.6. The van der Waals surface area contributed by atoms with Gasteiger partial charge in [-0.2, -0.15) is 4.31 Å². The van der Waals surface area contributed by atoms with E-state index in [0.717, 1.165) is 10.9 Å². The van der Waals surface area contributed by atoms with Crippen LogP contribution in [0, 0.1) is 6.92 Å². The number of benzene rings is 2. The van der Waals surface area contributed by atoms with E-state index in [0.29, 0.717) is 56.4 Å². The summed E-state index contributed by atoms with van der Waals surface area (Å²) in [6.45, 7) is 5.29. The number of ether oxygens (including phenoxy) is 2. The summed E-state index contributed by atoms with van der Waals surface area (Å²) < 4.78 is 38.7. The fraction of sp³-hybridized carbons (Fsp3) is 0.360. The average molecular weight is 513 g/mol. The van der Waals surface area contributed by atoms with E-state index in [2.05, 4.69) is 10.3 Å². The van der Waals surface area contributed by atoms with Crippen LogP contribution in [0.1, 0.15) is 15.9 Å². The number of amides is 1. The molecule has 0 bridgehead atoms. The van der Waals surface area contributed by atoms with E-state index >= 15 is 0 Å². The van der Waals surface area contributed by atoms with Gasteiger partial charge in [0.2, 0.25) is 15.6 Å². The SMILES string of the molecule is Cc1cc(=O)[nH]c2ccc(NC(=O)c3cc(S(=O)(=O)N4CCOCC4)ccc3N3CCOCC3)cc12. The molecule has 2 aliphatic heterocycles. The molecule has 0 atom stereocenters. The Balaban J connectivity index is 1.51. The van der Waals surface area contributed by atoms with Crippen LogP contribution in [0.2, 0.25) is 0 Å². The Hall–Kier alpha value is -3.25. The summed E-state index contributed by atoms with van der Waals surface area (Å²) in [7, 11) is -3.78. The number of hydrogen-bond donors (Lipinski definition) is 2. The number of aryl methyl sites for hydroxylation is 1. The number of H-pyrrole nitrogens is 1. The summed E-state index contributed by atoms with van der Waals surface area (Å²) in [5, 5.41) is 3.72. The summed E-state index contributed by atoms with van der Waals surface area (Å²) in [6, 6.07) is 11.4. The van der Waals surface area contributed by atoms with E-state index in [4.69, 9.17) is 9.47 Å². The smallest absolute Gasteiger partial charge is 0.257 e. The number of aromatic nitrogens is 1. The van der Waals surface area contributed by atoms with Gasteiger partial charge in [-0.25, -0.2) is 8.42 Å². The number of fused-ring (bicyclic) bond motifs is 1. The first kappa shape index (κ1) is 24.4. The van der Waals surface area contributed by atoms with Crippen molar-refractivity contribution < 1.29 is 22.7 Å². The Morgan fingerprint density at radius 2 is 1.64 bits per heavy atom.